The number of amides is 1. The highest BCUT2D eigenvalue weighted by atomic mass is 79.9. The van der Waals surface area contributed by atoms with Gasteiger partial charge in [-0.05, 0) is 30.7 Å². The maximum atomic E-state index is 12.3. The van der Waals surface area contributed by atoms with Gasteiger partial charge in [0.15, 0.2) is 6.19 Å². The molecular formula is C16H13BrN2O. The number of hydrogen-bond donors (Lipinski definition) is 0. The van der Waals surface area contributed by atoms with Gasteiger partial charge in [0.2, 0.25) is 0 Å². The van der Waals surface area contributed by atoms with Gasteiger partial charge in [0, 0.05) is 10.0 Å². The Bertz CT molecular complexity index is 676. The number of rotatable bonds is 3. The first-order valence-corrected chi connectivity index (χ1v) is 6.93. The van der Waals surface area contributed by atoms with Crippen molar-refractivity contribution in [3.63, 3.8) is 0 Å². The van der Waals surface area contributed by atoms with E-state index < -0.39 is 0 Å². The maximum Gasteiger partial charge on any atom is 0.267 e. The molecule has 0 aliphatic carbocycles. The van der Waals surface area contributed by atoms with Crippen LogP contribution in [-0.4, -0.2) is 10.8 Å². The molecule has 2 aromatic rings. The summed E-state index contributed by atoms with van der Waals surface area (Å²) >= 11 is 3.42. The number of hydrogen-bond acceptors (Lipinski definition) is 2. The summed E-state index contributed by atoms with van der Waals surface area (Å²) in [6.45, 7) is 2.17. The van der Waals surface area contributed by atoms with Gasteiger partial charge in [0.05, 0.1) is 6.54 Å². The molecule has 0 radical (unpaired) electrons. The Morgan fingerprint density at radius 3 is 2.65 bits per heavy atom. The summed E-state index contributed by atoms with van der Waals surface area (Å²) in [5.74, 6) is -0.285. The quantitative estimate of drug-likeness (QED) is 0.634. The van der Waals surface area contributed by atoms with E-state index in [-0.39, 0.29) is 12.5 Å². The fourth-order valence-corrected chi connectivity index (χ4v) is 2.29. The van der Waals surface area contributed by atoms with Crippen molar-refractivity contribution in [2.75, 3.05) is 0 Å². The van der Waals surface area contributed by atoms with Gasteiger partial charge >= 0.3 is 0 Å². The Labute approximate surface area is 126 Å². The zero-order chi connectivity index (χ0) is 14.5. The van der Waals surface area contributed by atoms with E-state index in [1.165, 1.54) is 0 Å². The van der Waals surface area contributed by atoms with Crippen LogP contribution < -0.4 is 0 Å². The minimum atomic E-state index is -0.285. The molecular weight excluding hydrogens is 316 g/mol. The maximum absolute atomic E-state index is 12.3. The summed E-state index contributed by atoms with van der Waals surface area (Å²) in [6.07, 6.45) is 1.96. The largest absolute Gasteiger partial charge is 0.268 e. The predicted molar refractivity (Wildman–Crippen MR) is 80.8 cm³/mol. The molecule has 0 aliphatic heterocycles. The number of nitrogens with zero attached hydrogens (tertiary/aromatic N) is 2. The van der Waals surface area contributed by atoms with Crippen LogP contribution in [0.2, 0.25) is 0 Å². The lowest BCUT2D eigenvalue weighted by atomic mass is 10.1. The van der Waals surface area contributed by atoms with Gasteiger partial charge in [-0.15, -0.1) is 0 Å². The predicted octanol–water partition coefficient (Wildman–Crippen LogP) is 3.88. The summed E-state index contributed by atoms with van der Waals surface area (Å²) in [5.41, 5.74) is 2.42. The molecule has 0 N–H and O–H groups in total. The van der Waals surface area contributed by atoms with Gasteiger partial charge in [0.1, 0.15) is 0 Å². The fraction of sp³-hybridized carbons (Fsp3) is 0.125. The van der Waals surface area contributed by atoms with Gasteiger partial charge < -0.3 is 0 Å². The zero-order valence-corrected chi connectivity index (χ0v) is 12.6. The molecule has 0 heterocycles. The van der Waals surface area contributed by atoms with E-state index in [1.807, 2.05) is 49.5 Å². The number of halogens is 1. The van der Waals surface area contributed by atoms with Crippen molar-refractivity contribution in [1.29, 1.82) is 5.26 Å². The minimum Gasteiger partial charge on any atom is -0.268 e. The second kappa shape index (κ2) is 6.36. The van der Waals surface area contributed by atoms with Crippen molar-refractivity contribution in [3.8, 4) is 6.19 Å². The van der Waals surface area contributed by atoms with Crippen LogP contribution in [0.3, 0.4) is 0 Å². The van der Waals surface area contributed by atoms with Crippen LogP contribution in [0.1, 0.15) is 21.5 Å². The molecule has 0 saturated heterocycles. The first-order chi connectivity index (χ1) is 9.61. The van der Waals surface area contributed by atoms with E-state index in [9.17, 15) is 10.1 Å². The van der Waals surface area contributed by atoms with Crippen LogP contribution in [0.15, 0.2) is 53.0 Å². The average molecular weight is 329 g/mol. The van der Waals surface area contributed by atoms with Crippen molar-refractivity contribution < 1.29 is 4.79 Å². The summed E-state index contributed by atoms with van der Waals surface area (Å²) in [4.78, 5) is 13.5. The number of nitriles is 1. The molecule has 0 unspecified atom stereocenters. The molecule has 2 aromatic carbocycles. The van der Waals surface area contributed by atoms with Crippen molar-refractivity contribution >= 4 is 21.8 Å². The normalized spacial score (nSPS) is 9.85. The molecule has 0 atom stereocenters. The Balaban J connectivity index is 2.23. The first kappa shape index (κ1) is 14.3. The topological polar surface area (TPSA) is 44.1 Å². The molecule has 3 nitrogen and oxygen atoms in total. The molecule has 1 amide bonds. The Morgan fingerprint density at radius 1 is 1.25 bits per heavy atom. The highest BCUT2D eigenvalue weighted by Gasteiger charge is 2.16. The van der Waals surface area contributed by atoms with Crippen molar-refractivity contribution in [1.82, 2.24) is 4.90 Å². The van der Waals surface area contributed by atoms with Crippen LogP contribution in [0, 0.1) is 18.4 Å². The molecule has 0 fully saturated rings. The van der Waals surface area contributed by atoms with E-state index in [0.29, 0.717) is 5.56 Å². The number of carbonyl (C=O) groups excluding carboxylic acids is 1. The van der Waals surface area contributed by atoms with E-state index in [4.69, 9.17) is 0 Å². The SMILES string of the molecule is Cc1cccc(C(=O)N(C#N)Cc2ccccc2Br)c1. The summed E-state index contributed by atoms with van der Waals surface area (Å²) in [6, 6.07) is 14.8. The number of carbonyl (C=O) groups is 1. The molecule has 4 heteroatoms. The molecule has 0 saturated carbocycles. The van der Waals surface area contributed by atoms with Crippen LogP contribution in [0.5, 0.6) is 0 Å². The lowest BCUT2D eigenvalue weighted by Gasteiger charge is -2.15. The molecule has 0 spiro atoms. The van der Waals surface area contributed by atoms with Crippen LogP contribution in [0.4, 0.5) is 0 Å². The van der Waals surface area contributed by atoms with E-state index in [2.05, 4.69) is 15.9 Å². The molecule has 2 rings (SSSR count). The third-order valence-corrected chi connectivity index (χ3v) is 3.69. The van der Waals surface area contributed by atoms with Crippen molar-refractivity contribution in [3.05, 3.63) is 69.7 Å². The van der Waals surface area contributed by atoms with Gasteiger partial charge in [-0.3, -0.25) is 4.79 Å². The Hall–Kier alpha value is -2.12. The second-order valence-corrected chi connectivity index (χ2v) is 5.31. The third kappa shape index (κ3) is 3.25. The van der Waals surface area contributed by atoms with Crippen LogP contribution in [-0.2, 0) is 6.54 Å². The van der Waals surface area contributed by atoms with E-state index in [0.717, 1.165) is 20.5 Å². The van der Waals surface area contributed by atoms with Crippen molar-refractivity contribution in [2.45, 2.75) is 13.5 Å². The van der Waals surface area contributed by atoms with Crippen molar-refractivity contribution in [2.24, 2.45) is 0 Å². The third-order valence-electron chi connectivity index (χ3n) is 2.92. The smallest absolute Gasteiger partial charge is 0.267 e. The molecule has 0 aromatic heterocycles. The number of aryl methyl sites for hydroxylation is 1. The molecule has 0 bridgehead atoms. The highest BCUT2D eigenvalue weighted by molar-refractivity contribution is 9.10. The van der Waals surface area contributed by atoms with E-state index >= 15 is 0 Å². The lowest BCUT2D eigenvalue weighted by Crippen LogP contribution is -2.25. The summed E-state index contributed by atoms with van der Waals surface area (Å²) in [5, 5.41) is 9.22. The summed E-state index contributed by atoms with van der Waals surface area (Å²) in [7, 11) is 0. The Kier molecular flexibility index (Phi) is 4.54. The van der Waals surface area contributed by atoms with Gasteiger partial charge in [-0.2, -0.15) is 5.26 Å². The minimum absolute atomic E-state index is 0.255. The second-order valence-electron chi connectivity index (χ2n) is 4.45. The highest BCUT2D eigenvalue weighted by Crippen LogP contribution is 2.18. The zero-order valence-electron chi connectivity index (χ0n) is 11.0. The fourth-order valence-electron chi connectivity index (χ4n) is 1.88. The van der Waals surface area contributed by atoms with Gasteiger partial charge in [-0.1, -0.05) is 51.8 Å². The molecule has 0 aliphatic rings. The van der Waals surface area contributed by atoms with Crippen LogP contribution >= 0.6 is 15.9 Å². The first-order valence-electron chi connectivity index (χ1n) is 6.13. The lowest BCUT2D eigenvalue weighted by molar-refractivity contribution is 0.0824. The molecule has 100 valence electrons. The average Bonchev–Trinajstić information content (AvgIpc) is 2.46. The Morgan fingerprint density at radius 2 is 2.00 bits per heavy atom. The molecule has 20 heavy (non-hydrogen) atoms. The van der Waals surface area contributed by atoms with Crippen LogP contribution in [0.25, 0.3) is 0 Å². The van der Waals surface area contributed by atoms with Gasteiger partial charge in [0.25, 0.3) is 5.91 Å². The van der Waals surface area contributed by atoms with Gasteiger partial charge in [-0.25, -0.2) is 4.90 Å². The monoisotopic (exact) mass is 328 g/mol. The standard InChI is InChI=1S/C16H13BrN2O/c1-12-5-4-7-13(9-12)16(20)19(11-18)10-14-6-2-3-8-15(14)17/h2-9H,10H2,1H3. The summed E-state index contributed by atoms with van der Waals surface area (Å²) < 4.78 is 0.886. The number of benzene rings is 2. The van der Waals surface area contributed by atoms with E-state index in [1.54, 1.807) is 12.1 Å².